The van der Waals surface area contributed by atoms with Crippen molar-refractivity contribution in [3.05, 3.63) is 28.5 Å². The lowest BCUT2D eigenvalue weighted by molar-refractivity contribution is -0.111. The van der Waals surface area contributed by atoms with Crippen molar-refractivity contribution < 1.29 is 9.84 Å². The van der Waals surface area contributed by atoms with Crippen LogP contribution < -0.4 is 0 Å². The Morgan fingerprint density at radius 3 is 2.53 bits per heavy atom. The van der Waals surface area contributed by atoms with E-state index < -0.39 is 6.10 Å². The molecule has 1 atom stereocenters. The second-order valence-corrected chi connectivity index (χ2v) is 6.29. The summed E-state index contributed by atoms with van der Waals surface area (Å²) in [7, 11) is 1.73. The molecule has 1 aromatic rings. The van der Waals surface area contributed by atoms with Crippen molar-refractivity contribution in [3.63, 3.8) is 0 Å². The van der Waals surface area contributed by atoms with Crippen LogP contribution in [0.15, 0.2) is 22.8 Å². The van der Waals surface area contributed by atoms with Crippen molar-refractivity contribution in [2.45, 2.75) is 56.7 Å². The zero-order chi connectivity index (χ0) is 13.7. The number of hydrogen-bond acceptors (Lipinski definition) is 3. The van der Waals surface area contributed by atoms with Gasteiger partial charge in [0.2, 0.25) is 0 Å². The van der Waals surface area contributed by atoms with Gasteiger partial charge in [-0.15, -0.1) is 0 Å². The summed E-state index contributed by atoms with van der Waals surface area (Å²) in [5.41, 5.74) is 0.530. The number of aromatic nitrogens is 1. The summed E-state index contributed by atoms with van der Waals surface area (Å²) in [4.78, 5) is 4.34. The van der Waals surface area contributed by atoms with Crippen LogP contribution in [-0.4, -0.2) is 28.9 Å². The van der Waals surface area contributed by atoms with Gasteiger partial charge in [0.1, 0.15) is 0 Å². The van der Waals surface area contributed by atoms with Gasteiger partial charge in [0, 0.05) is 29.9 Å². The molecule has 3 nitrogen and oxygen atoms in total. The summed E-state index contributed by atoms with van der Waals surface area (Å²) in [5.74, 6) is 0. The second kappa shape index (κ2) is 6.82. The van der Waals surface area contributed by atoms with Crippen LogP contribution in [0.2, 0.25) is 0 Å². The molecule has 1 aliphatic rings. The van der Waals surface area contributed by atoms with Gasteiger partial charge in [-0.25, -0.2) is 0 Å². The maximum atomic E-state index is 10.6. The molecule has 0 amide bonds. The average molecular weight is 328 g/mol. The lowest BCUT2D eigenvalue weighted by Crippen LogP contribution is -2.45. The van der Waals surface area contributed by atoms with Crippen LogP contribution in [0.1, 0.15) is 44.2 Å². The van der Waals surface area contributed by atoms with Crippen molar-refractivity contribution in [3.8, 4) is 0 Å². The molecular formula is C15H22BrNO2. The Kier molecular flexibility index (Phi) is 5.37. The van der Waals surface area contributed by atoms with Crippen LogP contribution in [0.5, 0.6) is 0 Å². The Balaban J connectivity index is 2.07. The monoisotopic (exact) mass is 327 g/mol. The van der Waals surface area contributed by atoms with Gasteiger partial charge < -0.3 is 9.84 Å². The molecule has 1 aliphatic carbocycles. The van der Waals surface area contributed by atoms with Crippen LogP contribution in [0, 0.1) is 0 Å². The van der Waals surface area contributed by atoms with E-state index in [2.05, 4.69) is 20.9 Å². The minimum atomic E-state index is -0.482. The number of rotatable bonds is 4. The summed E-state index contributed by atoms with van der Waals surface area (Å²) in [6.45, 7) is 0. The zero-order valence-corrected chi connectivity index (χ0v) is 13.0. The van der Waals surface area contributed by atoms with Gasteiger partial charge >= 0.3 is 0 Å². The number of halogens is 1. The summed E-state index contributed by atoms with van der Waals surface area (Å²) >= 11 is 3.37. The number of nitrogens with zero attached hydrogens (tertiary/aromatic N) is 1. The normalized spacial score (nSPS) is 20.8. The van der Waals surface area contributed by atoms with Crippen molar-refractivity contribution in [1.29, 1.82) is 0 Å². The van der Waals surface area contributed by atoms with E-state index in [9.17, 15) is 5.11 Å². The topological polar surface area (TPSA) is 42.4 Å². The van der Waals surface area contributed by atoms with Gasteiger partial charge in [-0.3, -0.25) is 4.98 Å². The predicted octanol–water partition coefficient (Wildman–Crippen LogP) is 3.49. The Morgan fingerprint density at radius 1 is 1.32 bits per heavy atom. The van der Waals surface area contributed by atoms with Gasteiger partial charge in [-0.1, -0.05) is 25.7 Å². The number of aliphatic hydroxyl groups is 1. The first-order valence-corrected chi connectivity index (χ1v) is 7.79. The number of hydrogen-bond donors (Lipinski definition) is 1. The molecule has 1 aromatic heterocycles. The SMILES string of the molecule is COC1(C(O)Cc2ccc(Br)cn2)CCCCCC1. The first-order valence-electron chi connectivity index (χ1n) is 7.00. The maximum absolute atomic E-state index is 10.6. The largest absolute Gasteiger partial charge is 0.390 e. The highest BCUT2D eigenvalue weighted by atomic mass is 79.9. The van der Waals surface area contributed by atoms with E-state index in [0.717, 1.165) is 35.8 Å². The molecular weight excluding hydrogens is 306 g/mol. The first kappa shape index (κ1) is 14.9. The smallest absolute Gasteiger partial charge is 0.0940 e. The minimum Gasteiger partial charge on any atom is -0.390 e. The van der Waals surface area contributed by atoms with E-state index in [4.69, 9.17) is 4.74 Å². The lowest BCUT2D eigenvalue weighted by atomic mass is 9.85. The predicted molar refractivity (Wildman–Crippen MR) is 79.1 cm³/mol. The molecule has 0 bridgehead atoms. The molecule has 0 spiro atoms. The summed E-state index contributed by atoms with van der Waals surface area (Å²) in [6.07, 6.45) is 8.50. The molecule has 0 radical (unpaired) electrons. The summed E-state index contributed by atoms with van der Waals surface area (Å²) in [5, 5.41) is 10.6. The number of pyridine rings is 1. The lowest BCUT2D eigenvalue weighted by Gasteiger charge is -2.36. The molecule has 1 unspecified atom stereocenters. The van der Waals surface area contributed by atoms with Gasteiger partial charge in [-0.2, -0.15) is 0 Å². The van der Waals surface area contributed by atoms with Crippen LogP contribution in [-0.2, 0) is 11.2 Å². The Bertz CT molecular complexity index is 386. The van der Waals surface area contributed by atoms with Crippen molar-refractivity contribution >= 4 is 15.9 Å². The Labute approximate surface area is 123 Å². The minimum absolute atomic E-state index is 0.384. The third-order valence-electron chi connectivity index (χ3n) is 4.15. The fraction of sp³-hybridized carbons (Fsp3) is 0.667. The standard InChI is InChI=1S/C15H22BrNO2/c1-19-15(8-4-2-3-5-9-15)14(18)10-13-7-6-12(16)11-17-13/h6-7,11,14,18H,2-5,8-10H2,1H3. The van der Waals surface area contributed by atoms with Crippen molar-refractivity contribution in [2.24, 2.45) is 0 Å². The maximum Gasteiger partial charge on any atom is 0.0940 e. The highest BCUT2D eigenvalue weighted by Crippen LogP contribution is 2.34. The third kappa shape index (κ3) is 3.77. The number of ether oxygens (including phenoxy) is 1. The van der Waals surface area contributed by atoms with Crippen LogP contribution in [0.4, 0.5) is 0 Å². The summed E-state index contributed by atoms with van der Waals surface area (Å²) in [6, 6.07) is 3.91. The van der Waals surface area contributed by atoms with Gasteiger partial charge in [0.05, 0.1) is 11.7 Å². The fourth-order valence-electron chi connectivity index (χ4n) is 2.91. The molecule has 106 valence electrons. The Hall–Kier alpha value is -0.450. The highest BCUT2D eigenvalue weighted by Gasteiger charge is 2.38. The van der Waals surface area contributed by atoms with E-state index in [1.165, 1.54) is 12.8 Å². The van der Waals surface area contributed by atoms with Crippen LogP contribution in [0.25, 0.3) is 0 Å². The van der Waals surface area contributed by atoms with E-state index >= 15 is 0 Å². The van der Waals surface area contributed by atoms with Crippen molar-refractivity contribution in [1.82, 2.24) is 4.98 Å². The van der Waals surface area contributed by atoms with Gasteiger partial charge in [-0.05, 0) is 40.9 Å². The van der Waals surface area contributed by atoms with Gasteiger partial charge in [0.25, 0.3) is 0 Å². The quantitative estimate of drug-likeness (QED) is 0.861. The molecule has 0 saturated heterocycles. The van der Waals surface area contributed by atoms with E-state index in [0.29, 0.717) is 6.42 Å². The zero-order valence-electron chi connectivity index (χ0n) is 11.4. The van der Waals surface area contributed by atoms with E-state index in [-0.39, 0.29) is 5.60 Å². The van der Waals surface area contributed by atoms with Crippen LogP contribution >= 0.6 is 15.9 Å². The molecule has 2 rings (SSSR count). The molecule has 1 N–H and O–H groups in total. The molecule has 1 fully saturated rings. The van der Waals surface area contributed by atoms with E-state index in [1.807, 2.05) is 12.1 Å². The molecule has 1 heterocycles. The first-order chi connectivity index (χ1) is 9.16. The number of aliphatic hydroxyl groups excluding tert-OH is 1. The van der Waals surface area contributed by atoms with Gasteiger partial charge in [0.15, 0.2) is 0 Å². The second-order valence-electron chi connectivity index (χ2n) is 5.37. The molecule has 4 heteroatoms. The highest BCUT2D eigenvalue weighted by molar-refractivity contribution is 9.10. The molecule has 0 aromatic carbocycles. The molecule has 0 aliphatic heterocycles. The summed E-state index contributed by atoms with van der Waals surface area (Å²) < 4.78 is 6.69. The molecule has 19 heavy (non-hydrogen) atoms. The van der Waals surface area contributed by atoms with Crippen molar-refractivity contribution in [2.75, 3.05) is 7.11 Å². The fourth-order valence-corrected chi connectivity index (χ4v) is 3.15. The van der Waals surface area contributed by atoms with E-state index in [1.54, 1.807) is 13.3 Å². The average Bonchev–Trinajstić information content (AvgIpc) is 2.67. The number of methoxy groups -OCH3 is 1. The Morgan fingerprint density at radius 2 is 2.00 bits per heavy atom. The van der Waals surface area contributed by atoms with Crippen LogP contribution in [0.3, 0.4) is 0 Å². The third-order valence-corrected chi connectivity index (χ3v) is 4.62. The molecule has 1 saturated carbocycles.